The maximum Gasteiger partial charge on any atom is 0.0579 e. The quantitative estimate of drug-likeness (QED) is 0.585. The van der Waals surface area contributed by atoms with E-state index in [0.29, 0.717) is 0 Å². The molecule has 0 aromatic heterocycles. The Labute approximate surface area is 92.9 Å². The van der Waals surface area contributed by atoms with Gasteiger partial charge in [-0.2, -0.15) is 0 Å². The van der Waals surface area contributed by atoms with Crippen LogP contribution in [-0.2, 0) is 6.54 Å². The lowest BCUT2D eigenvalue weighted by molar-refractivity contribution is 0.760. The zero-order valence-electron chi connectivity index (χ0n) is 10.1. The molecule has 0 aliphatic rings. The van der Waals surface area contributed by atoms with Gasteiger partial charge < -0.3 is 5.32 Å². The molecule has 15 heavy (non-hydrogen) atoms. The summed E-state index contributed by atoms with van der Waals surface area (Å²) in [5.74, 6) is 5.89. The molecule has 0 unspecified atom stereocenters. The van der Waals surface area contributed by atoms with E-state index in [4.69, 9.17) is 0 Å². The maximum absolute atomic E-state index is 3.33. The summed E-state index contributed by atoms with van der Waals surface area (Å²) in [6, 6.07) is 4.46. The average Bonchev–Trinajstić information content (AvgIpc) is 2.15. The summed E-state index contributed by atoms with van der Waals surface area (Å²) < 4.78 is 0. The number of hydrogen-bond donors (Lipinski definition) is 1. The van der Waals surface area contributed by atoms with Gasteiger partial charge in [0, 0.05) is 6.54 Å². The van der Waals surface area contributed by atoms with Crippen LogP contribution in [0.3, 0.4) is 0 Å². The lowest BCUT2D eigenvalue weighted by Gasteiger charge is -2.11. The molecule has 0 spiro atoms. The second-order valence-corrected chi connectivity index (χ2v) is 3.91. The number of rotatable bonds is 3. The third kappa shape index (κ3) is 3.42. The molecule has 0 atom stereocenters. The number of benzene rings is 1. The van der Waals surface area contributed by atoms with Crippen LogP contribution in [-0.4, -0.2) is 6.54 Å². The van der Waals surface area contributed by atoms with Crippen LogP contribution in [0, 0.1) is 32.6 Å². The highest BCUT2D eigenvalue weighted by molar-refractivity contribution is 5.37. The van der Waals surface area contributed by atoms with Gasteiger partial charge in [-0.05, 0) is 44.4 Å². The molecule has 1 heteroatoms. The second-order valence-electron chi connectivity index (χ2n) is 3.91. The Morgan fingerprint density at radius 3 is 2.27 bits per heavy atom. The average molecular weight is 201 g/mol. The minimum atomic E-state index is 0.767. The first-order chi connectivity index (χ1) is 7.15. The SMILES string of the molecule is CC#CCNCc1c(C)cc(C)cc1C. The minimum Gasteiger partial charge on any atom is -0.302 e. The van der Waals surface area contributed by atoms with Gasteiger partial charge in [-0.25, -0.2) is 0 Å². The van der Waals surface area contributed by atoms with Crippen molar-refractivity contribution in [1.29, 1.82) is 0 Å². The van der Waals surface area contributed by atoms with E-state index >= 15 is 0 Å². The van der Waals surface area contributed by atoms with E-state index in [2.05, 4.69) is 50.1 Å². The Balaban J connectivity index is 2.71. The molecule has 1 N–H and O–H groups in total. The van der Waals surface area contributed by atoms with Crippen molar-refractivity contribution in [3.05, 3.63) is 34.4 Å². The van der Waals surface area contributed by atoms with Gasteiger partial charge in [0.1, 0.15) is 0 Å². The standard InChI is InChI=1S/C14H19N/c1-5-6-7-15-10-14-12(3)8-11(2)9-13(14)4/h8-9,15H,7,10H2,1-4H3. The van der Waals surface area contributed by atoms with Crippen LogP contribution in [0.1, 0.15) is 29.2 Å². The molecule has 1 aromatic carbocycles. The van der Waals surface area contributed by atoms with Crippen LogP contribution in [0.15, 0.2) is 12.1 Å². The van der Waals surface area contributed by atoms with Crippen molar-refractivity contribution in [3.63, 3.8) is 0 Å². The van der Waals surface area contributed by atoms with E-state index in [-0.39, 0.29) is 0 Å². The van der Waals surface area contributed by atoms with Gasteiger partial charge in [0.2, 0.25) is 0 Å². The normalized spacial score (nSPS) is 9.60. The van der Waals surface area contributed by atoms with E-state index in [1.54, 1.807) is 0 Å². The van der Waals surface area contributed by atoms with Crippen LogP contribution in [0.2, 0.25) is 0 Å². The fourth-order valence-electron chi connectivity index (χ4n) is 1.83. The Morgan fingerprint density at radius 2 is 1.73 bits per heavy atom. The first-order valence-corrected chi connectivity index (χ1v) is 5.32. The van der Waals surface area contributed by atoms with Gasteiger partial charge >= 0.3 is 0 Å². The molecule has 80 valence electrons. The maximum atomic E-state index is 3.33. The fraction of sp³-hybridized carbons (Fsp3) is 0.429. The topological polar surface area (TPSA) is 12.0 Å². The smallest absolute Gasteiger partial charge is 0.0579 e. The van der Waals surface area contributed by atoms with Crippen molar-refractivity contribution in [2.24, 2.45) is 0 Å². The third-order valence-electron chi connectivity index (χ3n) is 2.53. The number of aryl methyl sites for hydroxylation is 3. The van der Waals surface area contributed by atoms with Gasteiger partial charge in [-0.3, -0.25) is 0 Å². The molecular weight excluding hydrogens is 182 g/mol. The second kappa shape index (κ2) is 5.58. The highest BCUT2D eigenvalue weighted by atomic mass is 14.8. The predicted molar refractivity (Wildman–Crippen MR) is 65.8 cm³/mol. The molecule has 0 heterocycles. The number of hydrogen-bond acceptors (Lipinski definition) is 1. The van der Waals surface area contributed by atoms with Gasteiger partial charge in [0.05, 0.1) is 6.54 Å². The summed E-state index contributed by atoms with van der Waals surface area (Å²) in [5, 5.41) is 3.33. The summed E-state index contributed by atoms with van der Waals surface area (Å²) in [6.45, 7) is 10.0. The molecule has 1 nitrogen and oxygen atoms in total. The van der Waals surface area contributed by atoms with Crippen molar-refractivity contribution < 1.29 is 0 Å². The predicted octanol–water partition coefficient (Wildman–Crippen LogP) is 2.72. The molecule has 1 rings (SSSR count). The summed E-state index contributed by atoms with van der Waals surface area (Å²) >= 11 is 0. The first-order valence-electron chi connectivity index (χ1n) is 5.32. The van der Waals surface area contributed by atoms with Gasteiger partial charge in [-0.1, -0.05) is 23.6 Å². The van der Waals surface area contributed by atoms with Crippen molar-refractivity contribution in [3.8, 4) is 11.8 Å². The Hall–Kier alpha value is -1.26. The molecule has 0 aliphatic carbocycles. The van der Waals surface area contributed by atoms with Crippen LogP contribution in [0.25, 0.3) is 0 Å². The largest absolute Gasteiger partial charge is 0.302 e. The lowest BCUT2D eigenvalue weighted by Crippen LogP contribution is -2.15. The van der Waals surface area contributed by atoms with Gasteiger partial charge in [0.15, 0.2) is 0 Å². The van der Waals surface area contributed by atoms with E-state index < -0.39 is 0 Å². The molecule has 1 aromatic rings. The molecule has 0 fully saturated rings. The molecule has 0 saturated carbocycles. The van der Waals surface area contributed by atoms with E-state index in [1.807, 2.05) is 6.92 Å². The van der Waals surface area contributed by atoms with Gasteiger partial charge in [-0.15, -0.1) is 5.92 Å². The molecular formula is C14H19N. The summed E-state index contributed by atoms with van der Waals surface area (Å²) in [7, 11) is 0. The summed E-state index contributed by atoms with van der Waals surface area (Å²) in [6.07, 6.45) is 0. The molecule has 0 radical (unpaired) electrons. The fourth-order valence-corrected chi connectivity index (χ4v) is 1.83. The zero-order valence-corrected chi connectivity index (χ0v) is 10.1. The van der Waals surface area contributed by atoms with Gasteiger partial charge in [0.25, 0.3) is 0 Å². The third-order valence-corrected chi connectivity index (χ3v) is 2.53. The number of nitrogens with one attached hydrogen (secondary N) is 1. The highest BCUT2D eigenvalue weighted by Crippen LogP contribution is 2.15. The zero-order chi connectivity index (χ0) is 11.3. The van der Waals surface area contributed by atoms with E-state index in [0.717, 1.165) is 13.1 Å². The Bertz CT molecular complexity index is 371. The van der Waals surface area contributed by atoms with E-state index in [1.165, 1.54) is 22.3 Å². The summed E-state index contributed by atoms with van der Waals surface area (Å²) in [4.78, 5) is 0. The molecule has 0 bridgehead atoms. The van der Waals surface area contributed by atoms with Crippen LogP contribution >= 0.6 is 0 Å². The molecule has 0 amide bonds. The van der Waals surface area contributed by atoms with Crippen LogP contribution in [0.5, 0.6) is 0 Å². The van der Waals surface area contributed by atoms with Crippen LogP contribution in [0.4, 0.5) is 0 Å². The highest BCUT2D eigenvalue weighted by Gasteiger charge is 2.02. The monoisotopic (exact) mass is 201 g/mol. The van der Waals surface area contributed by atoms with Crippen molar-refractivity contribution >= 4 is 0 Å². The Morgan fingerprint density at radius 1 is 1.13 bits per heavy atom. The molecule has 0 saturated heterocycles. The van der Waals surface area contributed by atoms with Crippen molar-refractivity contribution in [2.45, 2.75) is 34.2 Å². The summed E-state index contributed by atoms with van der Waals surface area (Å²) in [5.41, 5.74) is 5.47. The minimum absolute atomic E-state index is 0.767. The first kappa shape index (κ1) is 11.8. The molecule has 0 aliphatic heterocycles. The van der Waals surface area contributed by atoms with Crippen LogP contribution < -0.4 is 5.32 Å². The van der Waals surface area contributed by atoms with Crippen molar-refractivity contribution in [2.75, 3.05) is 6.54 Å². The van der Waals surface area contributed by atoms with Crippen molar-refractivity contribution in [1.82, 2.24) is 5.32 Å². The van der Waals surface area contributed by atoms with E-state index in [9.17, 15) is 0 Å². The lowest BCUT2D eigenvalue weighted by atomic mass is 10.00. The Kier molecular flexibility index (Phi) is 4.39.